The van der Waals surface area contributed by atoms with Crippen LogP contribution in [0.15, 0.2) is 24.3 Å². The summed E-state index contributed by atoms with van der Waals surface area (Å²) in [5, 5.41) is 0.559. The van der Waals surface area contributed by atoms with Crippen molar-refractivity contribution < 1.29 is 19.2 Å². The first kappa shape index (κ1) is 14.3. The number of carbonyl (C=O) groups is 3. The lowest BCUT2D eigenvalue weighted by atomic mass is 9.83. The van der Waals surface area contributed by atoms with E-state index in [4.69, 9.17) is 11.3 Å². The Morgan fingerprint density at radius 1 is 1.18 bits per heavy atom. The van der Waals surface area contributed by atoms with Gasteiger partial charge in [0.1, 0.15) is 0 Å². The average Bonchev–Trinajstić information content (AvgIpc) is 3.09. The predicted molar refractivity (Wildman–Crippen MR) is 77.4 cm³/mol. The van der Waals surface area contributed by atoms with E-state index >= 15 is 0 Å². The molecule has 0 aromatic heterocycles. The molecule has 1 aliphatic heterocycles. The molecule has 1 fully saturated rings. The Balaban J connectivity index is 1.83. The van der Waals surface area contributed by atoms with Gasteiger partial charge in [-0.2, -0.15) is 0 Å². The minimum atomic E-state index is -0.774. The van der Waals surface area contributed by atoms with Gasteiger partial charge >= 0.3 is 5.97 Å². The summed E-state index contributed by atoms with van der Waals surface area (Å²) in [5.41, 5.74) is -0.278. The van der Waals surface area contributed by atoms with Crippen LogP contribution in [0.2, 0.25) is 0 Å². The second kappa shape index (κ2) is 5.30. The molecule has 1 aliphatic carbocycles. The quantitative estimate of drug-likeness (QED) is 0.634. The molecule has 0 bridgehead atoms. The van der Waals surface area contributed by atoms with Gasteiger partial charge in [-0.3, -0.25) is 9.59 Å². The number of imide groups is 1. The zero-order valence-electron chi connectivity index (χ0n) is 12.0. The van der Waals surface area contributed by atoms with Crippen molar-refractivity contribution in [3.63, 3.8) is 0 Å². The lowest BCUT2D eigenvalue weighted by molar-refractivity contribution is -0.180. The minimum absolute atomic E-state index is 0.248. The lowest BCUT2D eigenvalue weighted by Crippen LogP contribution is -2.39. The van der Waals surface area contributed by atoms with Gasteiger partial charge in [0.25, 0.3) is 11.8 Å². The maximum atomic E-state index is 12.5. The molecule has 1 saturated carbocycles. The summed E-state index contributed by atoms with van der Waals surface area (Å²) in [6, 6.07) is 6.39. The van der Waals surface area contributed by atoms with E-state index in [9.17, 15) is 14.4 Å². The molecule has 0 unspecified atom stereocenters. The van der Waals surface area contributed by atoms with Gasteiger partial charge in [-0.1, -0.05) is 30.0 Å². The third-order valence-corrected chi connectivity index (χ3v) is 4.37. The normalized spacial score (nSPS) is 19.0. The second-order valence-corrected chi connectivity index (χ2v) is 5.70. The number of hydrogen-bond acceptors (Lipinski definition) is 4. The van der Waals surface area contributed by atoms with Crippen molar-refractivity contribution in [2.24, 2.45) is 5.41 Å². The number of hydrogen-bond donors (Lipinski definition) is 0. The smallest absolute Gasteiger partial charge is 0.329 e. The van der Waals surface area contributed by atoms with Crippen molar-refractivity contribution in [1.82, 2.24) is 5.06 Å². The molecule has 0 spiro atoms. The van der Waals surface area contributed by atoms with Crippen LogP contribution in [0.5, 0.6) is 0 Å². The maximum absolute atomic E-state index is 12.5. The first-order valence-electron chi connectivity index (χ1n) is 7.23. The van der Waals surface area contributed by atoms with Crippen LogP contribution in [-0.2, 0) is 9.63 Å². The number of terminal acetylenes is 1. The Morgan fingerprint density at radius 2 is 1.73 bits per heavy atom. The molecule has 0 atom stereocenters. The van der Waals surface area contributed by atoms with Crippen molar-refractivity contribution in [3.05, 3.63) is 35.4 Å². The van der Waals surface area contributed by atoms with Crippen LogP contribution in [0.3, 0.4) is 0 Å². The molecule has 1 aromatic carbocycles. The number of nitrogens with zero attached hydrogens (tertiary/aromatic N) is 1. The molecule has 2 amide bonds. The van der Waals surface area contributed by atoms with Gasteiger partial charge in [-0.15, -0.1) is 12.3 Å². The molecule has 0 saturated heterocycles. The van der Waals surface area contributed by atoms with Crippen LogP contribution in [0, 0.1) is 17.8 Å². The van der Waals surface area contributed by atoms with Crippen LogP contribution < -0.4 is 0 Å². The third kappa shape index (κ3) is 2.08. The second-order valence-electron chi connectivity index (χ2n) is 5.70. The highest BCUT2D eigenvalue weighted by atomic mass is 16.7. The van der Waals surface area contributed by atoms with Crippen LogP contribution in [0.1, 0.15) is 52.8 Å². The molecule has 22 heavy (non-hydrogen) atoms. The Kier molecular flexibility index (Phi) is 3.45. The molecule has 1 aromatic rings. The molecule has 0 radical (unpaired) electrons. The van der Waals surface area contributed by atoms with E-state index in [1.54, 1.807) is 12.1 Å². The Labute approximate surface area is 128 Å². The van der Waals surface area contributed by atoms with Gasteiger partial charge in [-0.25, -0.2) is 4.79 Å². The summed E-state index contributed by atoms with van der Waals surface area (Å²) in [5.74, 6) is 0.704. The van der Waals surface area contributed by atoms with E-state index in [0.29, 0.717) is 17.9 Å². The largest absolute Gasteiger partial charge is 0.340 e. The third-order valence-electron chi connectivity index (χ3n) is 4.37. The molecule has 0 N–H and O–H groups in total. The van der Waals surface area contributed by atoms with Crippen molar-refractivity contribution >= 4 is 17.8 Å². The van der Waals surface area contributed by atoms with Gasteiger partial charge in [-0.05, 0) is 25.0 Å². The number of fused-ring (bicyclic) bond motifs is 1. The molecule has 2 aliphatic rings. The monoisotopic (exact) mass is 297 g/mol. The van der Waals surface area contributed by atoms with Gasteiger partial charge in [0.05, 0.1) is 16.5 Å². The zero-order valence-corrected chi connectivity index (χ0v) is 12.0. The summed E-state index contributed by atoms with van der Waals surface area (Å²) in [6.45, 7) is 0. The van der Waals surface area contributed by atoms with Crippen LogP contribution >= 0.6 is 0 Å². The fraction of sp³-hybridized carbons (Fsp3) is 0.353. The topological polar surface area (TPSA) is 63.7 Å². The Morgan fingerprint density at radius 3 is 2.23 bits per heavy atom. The standard InChI is InChI=1S/C17H15NO4/c1-2-9-17(10-5-6-11-17)16(21)22-18-14(19)12-7-3-4-8-13(12)15(18)20/h1,3-4,7-8H,5-6,9-11H2. The molecular weight excluding hydrogens is 282 g/mol. The van der Waals surface area contributed by atoms with E-state index in [2.05, 4.69) is 5.92 Å². The summed E-state index contributed by atoms with van der Waals surface area (Å²) in [7, 11) is 0. The first-order chi connectivity index (χ1) is 10.6. The molecule has 3 rings (SSSR count). The lowest BCUT2D eigenvalue weighted by Gasteiger charge is -2.25. The highest BCUT2D eigenvalue weighted by Crippen LogP contribution is 2.42. The SMILES string of the molecule is C#CCC1(C(=O)ON2C(=O)c3ccccc3C2=O)CCCC1. The number of hydroxylamine groups is 2. The molecular formula is C17H15NO4. The highest BCUT2D eigenvalue weighted by Gasteiger charge is 2.46. The first-order valence-corrected chi connectivity index (χ1v) is 7.23. The van der Waals surface area contributed by atoms with E-state index in [1.165, 1.54) is 12.1 Å². The Bertz CT molecular complexity index is 660. The number of amides is 2. The van der Waals surface area contributed by atoms with Crippen molar-refractivity contribution in [1.29, 1.82) is 0 Å². The highest BCUT2D eigenvalue weighted by molar-refractivity contribution is 6.20. The van der Waals surface area contributed by atoms with Crippen molar-refractivity contribution in [3.8, 4) is 12.3 Å². The maximum Gasteiger partial charge on any atom is 0.340 e. The van der Waals surface area contributed by atoms with Crippen molar-refractivity contribution in [2.75, 3.05) is 0 Å². The average molecular weight is 297 g/mol. The fourth-order valence-electron chi connectivity index (χ4n) is 3.13. The van der Waals surface area contributed by atoms with Gasteiger partial charge in [0.2, 0.25) is 0 Å². The van der Waals surface area contributed by atoms with E-state index < -0.39 is 23.2 Å². The summed E-state index contributed by atoms with van der Waals surface area (Å²) in [4.78, 5) is 42.1. The fourth-order valence-corrected chi connectivity index (χ4v) is 3.13. The summed E-state index contributed by atoms with van der Waals surface area (Å²) in [6.07, 6.45) is 8.64. The predicted octanol–water partition coefficient (Wildman–Crippen LogP) is 2.32. The van der Waals surface area contributed by atoms with Crippen LogP contribution in [0.25, 0.3) is 0 Å². The Hall–Kier alpha value is -2.61. The van der Waals surface area contributed by atoms with Gasteiger partial charge < -0.3 is 4.84 Å². The molecule has 5 heteroatoms. The number of benzene rings is 1. The minimum Gasteiger partial charge on any atom is -0.329 e. The number of rotatable bonds is 3. The van der Waals surface area contributed by atoms with Gasteiger partial charge in [0.15, 0.2) is 0 Å². The molecule has 112 valence electrons. The number of carbonyl (C=O) groups excluding carboxylic acids is 3. The zero-order chi connectivity index (χ0) is 15.7. The molecule has 5 nitrogen and oxygen atoms in total. The van der Waals surface area contributed by atoms with Crippen LogP contribution in [0.4, 0.5) is 0 Å². The van der Waals surface area contributed by atoms with Gasteiger partial charge in [0, 0.05) is 6.42 Å². The van der Waals surface area contributed by atoms with Crippen LogP contribution in [-0.4, -0.2) is 22.8 Å². The van der Waals surface area contributed by atoms with E-state index in [1.807, 2.05) is 0 Å². The summed E-state index contributed by atoms with van der Waals surface area (Å²) >= 11 is 0. The van der Waals surface area contributed by atoms with E-state index in [0.717, 1.165) is 12.8 Å². The van der Waals surface area contributed by atoms with E-state index in [-0.39, 0.29) is 17.5 Å². The molecule has 1 heterocycles. The van der Waals surface area contributed by atoms with Crippen molar-refractivity contribution in [2.45, 2.75) is 32.1 Å². The summed E-state index contributed by atoms with van der Waals surface area (Å²) < 4.78 is 0.